The van der Waals surface area contributed by atoms with Gasteiger partial charge in [0, 0.05) is 26.2 Å². The molecule has 0 aliphatic carbocycles. The standard InChI is InChI=1S/C9H20N2O/c1-8(2)6-11-3-4-12-9(5-10)7-11/h8-9H,3-7,10H2,1-2H3/t9-/m0/s1. The molecule has 3 nitrogen and oxygen atoms in total. The molecular weight excluding hydrogens is 152 g/mol. The Morgan fingerprint density at radius 1 is 1.58 bits per heavy atom. The minimum Gasteiger partial charge on any atom is -0.374 e. The smallest absolute Gasteiger partial charge is 0.0824 e. The van der Waals surface area contributed by atoms with E-state index in [9.17, 15) is 0 Å². The zero-order valence-electron chi connectivity index (χ0n) is 8.12. The van der Waals surface area contributed by atoms with E-state index >= 15 is 0 Å². The third-order valence-corrected chi connectivity index (χ3v) is 2.11. The molecule has 0 unspecified atom stereocenters. The van der Waals surface area contributed by atoms with Crippen LogP contribution in [0.5, 0.6) is 0 Å². The highest BCUT2D eigenvalue weighted by atomic mass is 16.5. The first-order chi connectivity index (χ1) is 5.72. The summed E-state index contributed by atoms with van der Waals surface area (Å²) in [6.45, 7) is 9.21. The van der Waals surface area contributed by atoms with E-state index in [1.54, 1.807) is 0 Å². The summed E-state index contributed by atoms with van der Waals surface area (Å²) in [7, 11) is 0. The van der Waals surface area contributed by atoms with Crippen LogP contribution < -0.4 is 5.73 Å². The number of ether oxygens (including phenoxy) is 1. The third kappa shape index (κ3) is 3.09. The molecule has 1 aliphatic rings. The van der Waals surface area contributed by atoms with Gasteiger partial charge in [0.15, 0.2) is 0 Å². The van der Waals surface area contributed by atoms with E-state index in [0.717, 1.165) is 25.6 Å². The van der Waals surface area contributed by atoms with E-state index in [-0.39, 0.29) is 6.10 Å². The highest BCUT2D eigenvalue weighted by molar-refractivity contribution is 4.72. The van der Waals surface area contributed by atoms with E-state index in [4.69, 9.17) is 10.5 Å². The van der Waals surface area contributed by atoms with Crippen LogP contribution >= 0.6 is 0 Å². The lowest BCUT2D eigenvalue weighted by Gasteiger charge is -2.33. The molecule has 1 atom stereocenters. The molecule has 0 aromatic heterocycles. The molecule has 0 radical (unpaired) electrons. The van der Waals surface area contributed by atoms with Gasteiger partial charge in [-0.15, -0.1) is 0 Å². The summed E-state index contributed by atoms with van der Waals surface area (Å²) in [4.78, 5) is 2.44. The molecule has 0 aromatic rings. The largest absolute Gasteiger partial charge is 0.374 e. The molecule has 0 bridgehead atoms. The van der Waals surface area contributed by atoms with Crippen molar-refractivity contribution in [2.24, 2.45) is 11.7 Å². The molecule has 1 aliphatic heterocycles. The van der Waals surface area contributed by atoms with Crippen molar-refractivity contribution in [3.05, 3.63) is 0 Å². The molecule has 1 fully saturated rings. The van der Waals surface area contributed by atoms with Crippen LogP contribution in [-0.4, -0.2) is 43.8 Å². The average Bonchev–Trinajstić information content (AvgIpc) is 2.03. The molecular formula is C9H20N2O. The van der Waals surface area contributed by atoms with Crippen molar-refractivity contribution in [3.63, 3.8) is 0 Å². The topological polar surface area (TPSA) is 38.5 Å². The van der Waals surface area contributed by atoms with Crippen LogP contribution in [-0.2, 0) is 4.74 Å². The van der Waals surface area contributed by atoms with E-state index in [1.807, 2.05) is 0 Å². The van der Waals surface area contributed by atoms with E-state index in [0.29, 0.717) is 6.54 Å². The summed E-state index contributed by atoms with van der Waals surface area (Å²) in [5.74, 6) is 0.738. The van der Waals surface area contributed by atoms with Crippen molar-refractivity contribution in [1.29, 1.82) is 0 Å². The second-order valence-corrected chi connectivity index (χ2v) is 3.88. The van der Waals surface area contributed by atoms with Crippen molar-refractivity contribution in [2.45, 2.75) is 20.0 Å². The Hall–Kier alpha value is -0.120. The van der Waals surface area contributed by atoms with Gasteiger partial charge in [-0.25, -0.2) is 0 Å². The first-order valence-corrected chi connectivity index (χ1v) is 4.76. The van der Waals surface area contributed by atoms with Gasteiger partial charge in [0.25, 0.3) is 0 Å². The quantitative estimate of drug-likeness (QED) is 0.665. The maximum atomic E-state index is 5.54. The van der Waals surface area contributed by atoms with Gasteiger partial charge in [0.2, 0.25) is 0 Å². The van der Waals surface area contributed by atoms with Gasteiger partial charge in [-0.3, -0.25) is 4.90 Å². The van der Waals surface area contributed by atoms with Gasteiger partial charge in [-0.1, -0.05) is 13.8 Å². The van der Waals surface area contributed by atoms with Crippen LogP contribution in [0.25, 0.3) is 0 Å². The molecule has 1 rings (SSSR count). The van der Waals surface area contributed by atoms with Crippen LogP contribution in [0.4, 0.5) is 0 Å². The fourth-order valence-corrected chi connectivity index (χ4v) is 1.61. The van der Waals surface area contributed by atoms with Crippen LogP contribution in [0.2, 0.25) is 0 Å². The molecule has 0 spiro atoms. The molecule has 3 heteroatoms. The SMILES string of the molecule is CC(C)CN1CCO[C@@H](CN)C1. The van der Waals surface area contributed by atoms with Gasteiger partial charge in [-0.2, -0.15) is 0 Å². The zero-order chi connectivity index (χ0) is 8.97. The lowest BCUT2D eigenvalue weighted by Crippen LogP contribution is -2.46. The summed E-state index contributed by atoms with van der Waals surface area (Å²) in [6, 6.07) is 0. The molecule has 72 valence electrons. The van der Waals surface area contributed by atoms with Crippen molar-refractivity contribution >= 4 is 0 Å². The van der Waals surface area contributed by atoms with Crippen molar-refractivity contribution < 1.29 is 4.74 Å². The highest BCUT2D eigenvalue weighted by Crippen LogP contribution is 2.06. The lowest BCUT2D eigenvalue weighted by atomic mass is 10.2. The molecule has 2 N–H and O–H groups in total. The predicted octanol–water partition coefficient (Wildman–Crippen LogP) is 0.302. The summed E-state index contributed by atoms with van der Waals surface area (Å²) in [6.07, 6.45) is 0.262. The average molecular weight is 172 g/mol. The molecule has 1 heterocycles. The first-order valence-electron chi connectivity index (χ1n) is 4.76. The second-order valence-electron chi connectivity index (χ2n) is 3.88. The molecule has 0 saturated carbocycles. The number of morpholine rings is 1. The lowest BCUT2D eigenvalue weighted by molar-refractivity contribution is -0.0263. The monoisotopic (exact) mass is 172 g/mol. The van der Waals surface area contributed by atoms with Gasteiger partial charge in [0.05, 0.1) is 12.7 Å². The van der Waals surface area contributed by atoms with Gasteiger partial charge in [-0.05, 0) is 5.92 Å². The first kappa shape index (κ1) is 9.96. The van der Waals surface area contributed by atoms with Gasteiger partial charge < -0.3 is 10.5 Å². The normalized spacial score (nSPS) is 26.5. The number of hydrogen-bond donors (Lipinski definition) is 1. The fourth-order valence-electron chi connectivity index (χ4n) is 1.61. The van der Waals surface area contributed by atoms with Gasteiger partial charge in [0.1, 0.15) is 0 Å². The fraction of sp³-hybridized carbons (Fsp3) is 1.00. The van der Waals surface area contributed by atoms with Crippen molar-refractivity contribution in [3.8, 4) is 0 Å². The van der Waals surface area contributed by atoms with Crippen molar-refractivity contribution in [1.82, 2.24) is 4.90 Å². The second kappa shape index (κ2) is 4.80. The van der Waals surface area contributed by atoms with E-state index < -0.39 is 0 Å². The summed E-state index contributed by atoms with van der Waals surface area (Å²) in [5.41, 5.74) is 5.54. The predicted molar refractivity (Wildman–Crippen MR) is 50.1 cm³/mol. The Morgan fingerprint density at radius 2 is 2.33 bits per heavy atom. The summed E-state index contributed by atoms with van der Waals surface area (Å²) >= 11 is 0. The Balaban J connectivity index is 2.25. The van der Waals surface area contributed by atoms with E-state index in [1.165, 1.54) is 6.54 Å². The molecule has 1 saturated heterocycles. The molecule has 0 amide bonds. The maximum Gasteiger partial charge on any atom is 0.0824 e. The Bertz CT molecular complexity index is 128. The van der Waals surface area contributed by atoms with Gasteiger partial charge >= 0.3 is 0 Å². The van der Waals surface area contributed by atoms with Crippen LogP contribution in [0.3, 0.4) is 0 Å². The number of nitrogens with two attached hydrogens (primary N) is 1. The maximum absolute atomic E-state index is 5.54. The summed E-state index contributed by atoms with van der Waals surface area (Å²) < 4.78 is 5.47. The van der Waals surface area contributed by atoms with Crippen LogP contribution in [0.1, 0.15) is 13.8 Å². The van der Waals surface area contributed by atoms with Crippen LogP contribution in [0, 0.1) is 5.92 Å². The highest BCUT2D eigenvalue weighted by Gasteiger charge is 2.19. The Morgan fingerprint density at radius 3 is 2.92 bits per heavy atom. The summed E-state index contributed by atoms with van der Waals surface area (Å²) in [5, 5.41) is 0. The minimum atomic E-state index is 0.262. The Labute approximate surface area is 74.9 Å². The molecule has 0 aromatic carbocycles. The minimum absolute atomic E-state index is 0.262. The Kier molecular flexibility index (Phi) is 3.98. The van der Waals surface area contributed by atoms with E-state index in [2.05, 4.69) is 18.7 Å². The third-order valence-electron chi connectivity index (χ3n) is 2.11. The number of rotatable bonds is 3. The zero-order valence-corrected chi connectivity index (χ0v) is 8.12. The van der Waals surface area contributed by atoms with Crippen molar-refractivity contribution in [2.75, 3.05) is 32.8 Å². The number of hydrogen-bond acceptors (Lipinski definition) is 3. The van der Waals surface area contributed by atoms with Crippen LogP contribution in [0.15, 0.2) is 0 Å². The molecule has 12 heavy (non-hydrogen) atoms. The number of nitrogens with zero attached hydrogens (tertiary/aromatic N) is 1.